The number of hydrogen-bond donors (Lipinski definition) is 1. The predicted octanol–water partition coefficient (Wildman–Crippen LogP) is 2.66. The second-order valence-corrected chi connectivity index (χ2v) is 4.65. The van der Waals surface area contributed by atoms with Gasteiger partial charge < -0.3 is 9.84 Å². The number of ether oxygens (including phenoxy) is 1. The van der Waals surface area contributed by atoms with Crippen molar-refractivity contribution in [3.05, 3.63) is 28.2 Å². The molecule has 1 aliphatic carbocycles. The molecule has 0 atom stereocenters. The van der Waals surface area contributed by atoms with Crippen LogP contribution in [0.3, 0.4) is 0 Å². The van der Waals surface area contributed by atoms with Crippen molar-refractivity contribution in [2.24, 2.45) is 0 Å². The van der Waals surface area contributed by atoms with E-state index >= 15 is 0 Å². The van der Waals surface area contributed by atoms with Gasteiger partial charge in [0.1, 0.15) is 11.9 Å². The molecular formula is C11H13BrO2. The van der Waals surface area contributed by atoms with Gasteiger partial charge >= 0.3 is 0 Å². The molecule has 0 bridgehead atoms. The minimum atomic E-state index is -0.163. The van der Waals surface area contributed by atoms with Gasteiger partial charge in [0.05, 0.1) is 10.6 Å². The van der Waals surface area contributed by atoms with E-state index in [1.165, 1.54) is 5.56 Å². The number of hydrogen-bond acceptors (Lipinski definition) is 2. The highest BCUT2D eigenvalue weighted by molar-refractivity contribution is 9.10. The second-order valence-electron chi connectivity index (χ2n) is 3.80. The second kappa shape index (κ2) is 3.91. The Balaban J connectivity index is 2.02. The van der Waals surface area contributed by atoms with Gasteiger partial charge in [0.15, 0.2) is 0 Å². The molecule has 0 spiro atoms. The van der Waals surface area contributed by atoms with Gasteiger partial charge in [-0.3, -0.25) is 0 Å². The molecule has 0 saturated heterocycles. The quantitative estimate of drug-likeness (QED) is 0.882. The van der Waals surface area contributed by atoms with Crippen LogP contribution in [0.4, 0.5) is 0 Å². The number of halogens is 1. The summed E-state index contributed by atoms with van der Waals surface area (Å²) in [6, 6.07) is 6.02. The number of aryl methyl sites for hydroxylation is 1. The minimum Gasteiger partial charge on any atom is -0.489 e. The first-order valence-corrected chi connectivity index (χ1v) is 5.55. The molecule has 1 aliphatic rings. The zero-order valence-corrected chi connectivity index (χ0v) is 9.62. The number of aliphatic hydroxyl groups is 1. The van der Waals surface area contributed by atoms with Crippen LogP contribution in [-0.4, -0.2) is 17.3 Å². The SMILES string of the molecule is Cc1ccc(OC2CC(O)C2)c(Br)c1. The molecule has 1 fully saturated rings. The summed E-state index contributed by atoms with van der Waals surface area (Å²) in [6.45, 7) is 2.04. The maximum absolute atomic E-state index is 9.12. The molecule has 0 unspecified atom stereocenters. The Morgan fingerprint density at radius 1 is 1.43 bits per heavy atom. The molecule has 3 heteroatoms. The average Bonchev–Trinajstić information content (AvgIpc) is 2.06. The number of rotatable bonds is 2. The lowest BCUT2D eigenvalue weighted by atomic mass is 9.92. The molecule has 76 valence electrons. The zero-order valence-electron chi connectivity index (χ0n) is 8.03. The third-order valence-electron chi connectivity index (χ3n) is 2.45. The van der Waals surface area contributed by atoms with Crippen LogP contribution in [0.2, 0.25) is 0 Å². The van der Waals surface area contributed by atoms with Gasteiger partial charge in [0, 0.05) is 12.8 Å². The molecule has 0 aliphatic heterocycles. The van der Waals surface area contributed by atoms with E-state index in [2.05, 4.69) is 15.9 Å². The van der Waals surface area contributed by atoms with E-state index in [4.69, 9.17) is 9.84 Å². The molecule has 1 aromatic rings. The van der Waals surface area contributed by atoms with E-state index in [0.717, 1.165) is 23.1 Å². The van der Waals surface area contributed by atoms with Crippen LogP contribution in [0, 0.1) is 6.92 Å². The topological polar surface area (TPSA) is 29.5 Å². The lowest BCUT2D eigenvalue weighted by Gasteiger charge is -2.31. The monoisotopic (exact) mass is 256 g/mol. The third kappa shape index (κ3) is 2.10. The Hall–Kier alpha value is -0.540. The fourth-order valence-electron chi connectivity index (χ4n) is 1.52. The zero-order chi connectivity index (χ0) is 10.1. The molecule has 0 heterocycles. The van der Waals surface area contributed by atoms with E-state index in [-0.39, 0.29) is 12.2 Å². The van der Waals surface area contributed by atoms with Gasteiger partial charge in [-0.05, 0) is 40.5 Å². The summed E-state index contributed by atoms with van der Waals surface area (Å²) in [5.74, 6) is 0.868. The largest absolute Gasteiger partial charge is 0.489 e. The Bertz CT molecular complexity index is 332. The van der Waals surface area contributed by atoms with Crippen LogP contribution >= 0.6 is 15.9 Å². The lowest BCUT2D eigenvalue weighted by Crippen LogP contribution is -2.37. The Morgan fingerprint density at radius 2 is 2.14 bits per heavy atom. The summed E-state index contributed by atoms with van der Waals surface area (Å²) in [6.07, 6.45) is 1.52. The van der Waals surface area contributed by atoms with Crippen LogP contribution in [0.25, 0.3) is 0 Å². The third-order valence-corrected chi connectivity index (χ3v) is 3.07. The molecule has 0 radical (unpaired) electrons. The first-order valence-electron chi connectivity index (χ1n) is 4.76. The standard InChI is InChI=1S/C11H13BrO2/c1-7-2-3-11(10(12)4-7)14-9-5-8(13)6-9/h2-4,8-9,13H,5-6H2,1H3. The van der Waals surface area contributed by atoms with Gasteiger partial charge in [-0.25, -0.2) is 0 Å². The normalized spacial score (nSPS) is 25.6. The van der Waals surface area contributed by atoms with Gasteiger partial charge in [-0.15, -0.1) is 0 Å². The summed E-state index contributed by atoms with van der Waals surface area (Å²) >= 11 is 3.46. The molecule has 0 aromatic heterocycles. The van der Waals surface area contributed by atoms with Crippen LogP contribution < -0.4 is 4.74 Å². The Labute approximate surface area is 92.0 Å². The highest BCUT2D eigenvalue weighted by Crippen LogP contribution is 2.31. The molecule has 1 aromatic carbocycles. The summed E-state index contributed by atoms with van der Waals surface area (Å²) in [4.78, 5) is 0. The van der Waals surface area contributed by atoms with E-state index in [9.17, 15) is 0 Å². The average molecular weight is 257 g/mol. The van der Waals surface area contributed by atoms with Crippen molar-refractivity contribution in [1.82, 2.24) is 0 Å². The van der Waals surface area contributed by atoms with Crippen molar-refractivity contribution >= 4 is 15.9 Å². The highest BCUT2D eigenvalue weighted by Gasteiger charge is 2.29. The Morgan fingerprint density at radius 3 is 2.71 bits per heavy atom. The van der Waals surface area contributed by atoms with Crippen LogP contribution in [0.5, 0.6) is 5.75 Å². The minimum absolute atomic E-state index is 0.163. The maximum atomic E-state index is 9.12. The van der Waals surface area contributed by atoms with Crippen LogP contribution in [0.1, 0.15) is 18.4 Å². The summed E-state index contributed by atoms with van der Waals surface area (Å²) in [5, 5.41) is 9.12. The molecule has 1 N–H and O–H groups in total. The molecule has 2 nitrogen and oxygen atoms in total. The Kier molecular flexibility index (Phi) is 2.79. The van der Waals surface area contributed by atoms with Crippen molar-refractivity contribution < 1.29 is 9.84 Å². The maximum Gasteiger partial charge on any atom is 0.133 e. The molecule has 14 heavy (non-hydrogen) atoms. The molecular weight excluding hydrogens is 244 g/mol. The smallest absolute Gasteiger partial charge is 0.133 e. The van der Waals surface area contributed by atoms with Crippen molar-refractivity contribution in [3.63, 3.8) is 0 Å². The lowest BCUT2D eigenvalue weighted by molar-refractivity contribution is -0.0111. The van der Waals surface area contributed by atoms with E-state index in [1.807, 2.05) is 25.1 Å². The van der Waals surface area contributed by atoms with E-state index in [1.54, 1.807) is 0 Å². The van der Waals surface area contributed by atoms with E-state index < -0.39 is 0 Å². The van der Waals surface area contributed by atoms with E-state index in [0.29, 0.717) is 0 Å². The molecule has 1 saturated carbocycles. The van der Waals surface area contributed by atoms with Gasteiger partial charge in [-0.1, -0.05) is 6.07 Å². The summed E-state index contributed by atoms with van der Waals surface area (Å²) in [5.41, 5.74) is 1.21. The van der Waals surface area contributed by atoms with Crippen molar-refractivity contribution in [3.8, 4) is 5.75 Å². The van der Waals surface area contributed by atoms with Crippen molar-refractivity contribution in [1.29, 1.82) is 0 Å². The number of aliphatic hydroxyl groups excluding tert-OH is 1. The highest BCUT2D eigenvalue weighted by atomic mass is 79.9. The molecule has 2 rings (SSSR count). The van der Waals surface area contributed by atoms with Gasteiger partial charge in [0.25, 0.3) is 0 Å². The van der Waals surface area contributed by atoms with Crippen LogP contribution in [0.15, 0.2) is 22.7 Å². The number of benzene rings is 1. The van der Waals surface area contributed by atoms with Gasteiger partial charge in [0.2, 0.25) is 0 Å². The van der Waals surface area contributed by atoms with Crippen LogP contribution in [-0.2, 0) is 0 Å². The molecule has 0 amide bonds. The summed E-state index contributed by atoms with van der Waals surface area (Å²) in [7, 11) is 0. The fourth-order valence-corrected chi connectivity index (χ4v) is 2.10. The van der Waals surface area contributed by atoms with Crippen molar-refractivity contribution in [2.75, 3.05) is 0 Å². The van der Waals surface area contributed by atoms with Gasteiger partial charge in [-0.2, -0.15) is 0 Å². The summed E-state index contributed by atoms with van der Waals surface area (Å²) < 4.78 is 6.68. The first kappa shape index (κ1) is 9.99. The van der Waals surface area contributed by atoms with Crippen molar-refractivity contribution in [2.45, 2.75) is 32.0 Å². The fraction of sp³-hybridized carbons (Fsp3) is 0.455. The predicted molar refractivity (Wildman–Crippen MR) is 58.5 cm³/mol. The first-order chi connectivity index (χ1) is 6.65.